The summed E-state index contributed by atoms with van der Waals surface area (Å²) < 4.78 is 11.1. The molecule has 174 valence electrons. The molecule has 0 saturated heterocycles. The van der Waals surface area contributed by atoms with Gasteiger partial charge in [-0.1, -0.05) is 86.2 Å². The number of carbonyl (C=O) groups excluding carboxylic acids is 2. The minimum absolute atomic E-state index is 0.0511. The summed E-state index contributed by atoms with van der Waals surface area (Å²) in [6.45, 7) is 4.40. The van der Waals surface area contributed by atoms with Crippen LogP contribution in [0, 0.1) is 0 Å². The van der Waals surface area contributed by atoms with Crippen LogP contribution < -0.4 is 9.47 Å². The quantitative estimate of drug-likeness (QED) is 0.0904. The van der Waals surface area contributed by atoms with E-state index in [4.69, 9.17) is 9.47 Å². The van der Waals surface area contributed by atoms with Crippen molar-refractivity contribution in [2.75, 3.05) is 6.61 Å². The lowest BCUT2D eigenvalue weighted by Crippen LogP contribution is -2.07. The van der Waals surface area contributed by atoms with Crippen LogP contribution in [-0.4, -0.2) is 18.4 Å². The summed E-state index contributed by atoms with van der Waals surface area (Å²) >= 11 is 0. The van der Waals surface area contributed by atoms with Gasteiger partial charge in [-0.2, -0.15) is 0 Å². The summed E-state index contributed by atoms with van der Waals surface area (Å²) in [5, 5.41) is 0. The molecule has 4 heteroatoms. The number of esters is 1. The highest BCUT2D eigenvalue weighted by atomic mass is 16.5. The Balaban J connectivity index is 1.29. The number of benzene rings is 3. The fourth-order valence-corrected chi connectivity index (χ4v) is 3.32. The standard InChI is InChI=1S/C30H30O4/c1-2-24-13-18-27(19-14-24)33-23-9-4-3-8-12-30(32)34-28-20-15-25(16-21-28)17-22-29(31)26-10-6-5-7-11-26/h2,5-7,10-11,13-22H,1,3-4,8-9,12,23H2. The fraction of sp³-hybridized carbons (Fsp3) is 0.200. The zero-order chi connectivity index (χ0) is 24.0. The number of carbonyl (C=O) groups is 2. The first kappa shape index (κ1) is 24.7. The van der Waals surface area contributed by atoms with E-state index in [0.29, 0.717) is 24.3 Å². The lowest BCUT2D eigenvalue weighted by atomic mass is 10.1. The molecule has 3 aromatic rings. The molecule has 0 atom stereocenters. The van der Waals surface area contributed by atoms with Crippen LogP contribution in [0.4, 0.5) is 0 Å². The molecule has 3 aromatic carbocycles. The van der Waals surface area contributed by atoms with Crippen LogP contribution in [0.2, 0.25) is 0 Å². The van der Waals surface area contributed by atoms with E-state index >= 15 is 0 Å². The average Bonchev–Trinajstić information content (AvgIpc) is 2.88. The van der Waals surface area contributed by atoms with E-state index in [9.17, 15) is 9.59 Å². The number of hydrogen-bond acceptors (Lipinski definition) is 4. The van der Waals surface area contributed by atoms with Crippen molar-refractivity contribution in [3.63, 3.8) is 0 Å². The number of ether oxygens (including phenoxy) is 2. The van der Waals surface area contributed by atoms with Crippen molar-refractivity contribution in [3.8, 4) is 11.5 Å². The van der Waals surface area contributed by atoms with E-state index in [1.807, 2.05) is 54.6 Å². The first-order chi connectivity index (χ1) is 16.6. The highest BCUT2D eigenvalue weighted by Crippen LogP contribution is 2.16. The van der Waals surface area contributed by atoms with E-state index in [0.717, 1.165) is 42.6 Å². The van der Waals surface area contributed by atoms with Crippen LogP contribution in [0.1, 0.15) is 53.6 Å². The van der Waals surface area contributed by atoms with Crippen molar-refractivity contribution >= 4 is 23.9 Å². The van der Waals surface area contributed by atoms with Crippen LogP contribution >= 0.6 is 0 Å². The SMILES string of the molecule is C=Cc1ccc(OCCCCCCC(=O)Oc2ccc(C=CC(=O)c3ccccc3)cc2)cc1. The molecule has 4 nitrogen and oxygen atoms in total. The second kappa shape index (κ2) is 13.6. The zero-order valence-electron chi connectivity index (χ0n) is 19.3. The van der Waals surface area contributed by atoms with E-state index in [1.165, 1.54) is 0 Å². The molecular weight excluding hydrogens is 424 g/mol. The molecule has 0 heterocycles. The number of ketones is 1. The maximum absolute atomic E-state index is 12.1. The molecule has 0 saturated carbocycles. The van der Waals surface area contributed by atoms with Crippen LogP contribution in [0.25, 0.3) is 12.2 Å². The molecule has 34 heavy (non-hydrogen) atoms. The first-order valence-corrected chi connectivity index (χ1v) is 11.6. The Morgan fingerprint density at radius 2 is 1.38 bits per heavy atom. The Labute approximate surface area is 201 Å². The van der Waals surface area contributed by atoms with Gasteiger partial charge in [-0.25, -0.2) is 0 Å². The van der Waals surface area contributed by atoms with Crippen LogP contribution in [0.3, 0.4) is 0 Å². The van der Waals surface area contributed by atoms with E-state index in [-0.39, 0.29) is 11.8 Å². The molecule has 0 unspecified atom stereocenters. The second-order valence-electron chi connectivity index (χ2n) is 7.89. The van der Waals surface area contributed by atoms with Gasteiger partial charge < -0.3 is 9.47 Å². The van der Waals surface area contributed by atoms with E-state index < -0.39 is 0 Å². The largest absolute Gasteiger partial charge is 0.494 e. The number of allylic oxidation sites excluding steroid dienone is 1. The maximum Gasteiger partial charge on any atom is 0.311 e. The molecular formula is C30H30O4. The van der Waals surface area contributed by atoms with Crippen molar-refractivity contribution < 1.29 is 19.1 Å². The predicted octanol–water partition coefficient (Wildman–Crippen LogP) is 7.16. The summed E-state index contributed by atoms with van der Waals surface area (Å²) in [7, 11) is 0. The number of hydrogen-bond donors (Lipinski definition) is 0. The van der Waals surface area contributed by atoms with Gasteiger partial charge in [-0.3, -0.25) is 9.59 Å². The maximum atomic E-state index is 12.1. The molecule has 0 bridgehead atoms. The molecule has 0 aliphatic heterocycles. The van der Waals surface area contributed by atoms with Crippen molar-refractivity contribution in [1.82, 2.24) is 0 Å². The molecule has 0 radical (unpaired) electrons. The van der Waals surface area contributed by atoms with Gasteiger partial charge in [-0.15, -0.1) is 0 Å². The minimum Gasteiger partial charge on any atom is -0.494 e. The highest BCUT2D eigenvalue weighted by molar-refractivity contribution is 6.06. The molecule has 0 N–H and O–H groups in total. The zero-order valence-corrected chi connectivity index (χ0v) is 19.3. The molecule has 0 amide bonds. The summed E-state index contributed by atoms with van der Waals surface area (Å²) in [6, 6.07) is 24.1. The van der Waals surface area contributed by atoms with Gasteiger partial charge >= 0.3 is 5.97 Å². The Kier molecular flexibility index (Phi) is 9.88. The van der Waals surface area contributed by atoms with Crippen molar-refractivity contribution in [2.24, 2.45) is 0 Å². The van der Waals surface area contributed by atoms with Crippen molar-refractivity contribution in [3.05, 3.63) is 108 Å². The monoisotopic (exact) mass is 454 g/mol. The van der Waals surface area contributed by atoms with Gasteiger partial charge in [0.1, 0.15) is 11.5 Å². The normalized spacial score (nSPS) is 10.7. The molecule has 0 aliphatic rings. The average molecular weight is 455 g/mol. The van der Waals surface area contributed by atoms with Crippen LogP contribution in [0.15, 0.2) is 91.5 Å². The molecule has 3 rings (SSSR count). The van der Waals surface area contributed by atoms with Crippen molar-refractivity contribution in [2.45, 2.75) is 32.1 Å². The summed E-state index contributed by atoms with van der Waals surface area (Å²) in [6.07, 6.45) is 9.17. The van der Waals surface area contributed by atoms with E-state index in [1.54, 1.807) is 42.5 Å². The Hall–Kier alpha value is -3.92. The second-order valence-corrected chi connectivity index (χ2v) is 7.89. The van der Waals surface area contributed by atoms with E-state index in [2.05, 4.69) is 6.58 Å². The minimum atomic E-state index is -0.235. The third kappa shape index (κ3) is 8.55. The van der Waals surface area contributed by atoms with Gasteiger partial charge in [0.05, 0.1) is 6.61 Å². The number of unbranched alkanes of at least 4 members (excludes halogenated alkanes) is 3. The smallest absolute Gasteiger partial charge is 0.311 e. The number of rotatable bonds is 13. The van der Waals surface area contributed by atoms with Crippen LogP contribution in [0.5, 0.6) is 11.5 Å². The predicted molar refractivity (Wildman–Crippen MR) is 137 cm³/mol. The Morgan fingerprint density at radius 1 is 0.735 bits per heavy atom. The topological polar surface area (TPSA) is 52.6 Å². The lowest BCUT2D eigenvalue weighted by molar-refractivity contribution is -0.134. The summed E-state index contributed by atoms with van der Waals surface area (Å²) in [5.74, 6) is 1.08. The summed E-state index contributed by atoms with van der Waals surface area (Å²) in [5.41, 5.74) is 2.58. The van der Waals surface area contributed by atoms with Gasteiger partial charge in [-0.05, 0) is 54.3 Å². The van der Waals surface area contributed by atoms with Gasteiger partial charge in [0.15, 0.2) is 5.78 Å². The third-order valence-electron chi connectivity index (χ3n) is 5.26. The van der Waals surface area contributed by atoms with Gasteiger partial charge in [0.25, 0.3) is 0 Å². The Morgan fingerprint density at radius 3 is 2.09 bits per heavy atom. The molecule has 0 spiro atoms. The van der Waals surface area contributed by atoms with Crippen molar-refractivity contribution in [1.29, 1.82) is 0 Å². The lowest BCUT2D eigenvalue weighted by Gasteiger charge is -2.07. The summed E-state index contributed by atoms with van der Waals surface area (Å²) in [4.78, 5) is 24.2. The molecule has 0 fully saturated rings. The van der Waals surface area contributed by atoms with Crippen LogP contribution in [-0.2, 0) is 4.79 Å². The highest BCUT2D eigenvalue weighted by Gasteiger charge is 2.05. The molecule has 0 aromatic heterocycles. The van der Waals surface area contributed by atoms with Gasteiger partial charge in [0.2, 0.25) is 0 Å². The van der Waals surface area contributed by atoms with Gasteiger partial charge in [0, 0.05) is 12.0 Å². The third-order valence-corrected chi connectivity index (χ3v) is 5.26. The Bertz CT molecular complexity index is 1080. The fourth-order valence-electron chi connectivity index (χ4n) is 3.32. The molecule has 0 aliphatic carbocycles. The first-order valence-electron chi connectivity index (χ1n) is 11.6.